The number of nitrogens with one attached hydrogen (secondary N) is 1. The second kappa shape index (κ2) is 8.83. The van der Waals surface area contributed by atoms with Crippen molar-refractivity contribution in [3.8, 4) is 11.4 Å². The number of benzene rings is 2. The molecule has 0 saturated carbocycles. The van der Waals surface area contributed by atoms with Gasteiger partial charge in [0.1, 0.15) is 17.2 Å². The van der Waals surface area contributed by atoms with Gasteiger partial charge in [-0.15, -0.1) is 10.2 Å². The maximum Gasteiger partial charge on any atom is 0.345 e. The van der Waals surface area contributed by atoms with E-state index in [-0.39, 0.29) is 22.9 Å². The smallest absolute Gasteiger partial charge is 0.345 e. The SMILES string of the molecule is COC(=O)/C(=C(/O)CSc1nnc(-c2ccc(Cl)cc2)n1C)c1nc2ccccc2[nH]1. The van der Waals surface area contributed by atoms with E-state index in [1.807, 2.05) is 43.4 Å². The normalized spacial score (nSPS) is 12.1. The van der Waals surface area contributed by atoms with Gasteiger partial charge in [0.05, 0.1) is 23.9 Å². The molecule has 0 aliphatic heterocycles. The van der Waals surface area contributed by atoms with E-state index in [0.717, 1.165) is 11.1 Å². The molecule has 0 atom stereocenters. The maximum atomic E-state index is 12.4. The molecular formula is C21H18ClN5O3S. The minimum Gasteiger partial charge on any atom is -0.510 e. The first kappa shape index (κ1) is 21.0. The zero-order chi connectivity index (χ0) is 22.0. The van der Waals surface area contributed by atoms with E-state index in [0.29, 0.717) is 21.5 Å². The number of para-hydroxylation sites is 2. The van der Waals surface area contributed by atoms with Gasteiger partial charge >= 0.3 is 5.97 Å². The number of esters is 1. The number of imidazole rings is 1. The molecule has 4 rings (SSSR count). The van der Waals surface area contributed by atoms with Crippen LogP contribution in [0.4, 0.5) is 0 Å². The Hall–Kier alpha value is -3.30. The number of hydrogen-bond acceptors (Lipinski definition) is 7. The van der Waals surface area contributed by atoms with E-state index in [1.54, 1.807) is 16.7 Å². The first-order valence-electron chi connectivity index (χ1n) is 9.21. The topological polar surface area (TPSA) is 106 Å². The lowest BCUT2D eigenvalue weighted by atomic mass is 10.2. The Morgan fingerprint density at radius 1 is 1.19 bits per heavy atom. The molecule has 158 valence electrons. The average molecular weight is 456 g/mol. The number of aliphatic hydroxyl groups excluding tert-OH is 1. The molecule has 4 aromatic rings. The fourth-order valence-corrected chi connectivity index (χ4v) is 3.94. The van der Waals surface area contributed by atoms with Crippen molar-refractivity contribution < 1.29 is 14.6 Å². The lowest BCUT2D eigenvalue weighted by Gasteiger charge is -2.07. The predicted molar refractivity (Wildman–Crippen MR) is 120 cm³/mol. The molecule has 10 heteroatoms. The van der Waals surface area contributed by atoms with Gasteiger partial charge in [0.25, 0.3) is 0 Å². The molecule has 0 bridgehead atoms. The Morgan fingerprint density at radius 3 is 2.65 bits per heavy atom. The lowest BCUT2D eigenvalue weighted by molar-refractivity contribution is -0.133. The summed E-state index contributed by atoms with van der Waals surface area (Å²) in [5.41, 5.74) is 2.27. The number of aromatic nitrogens is 5. The minimum absolute atomic E-state index is 0.0220. The van der Waals surface area contributed by atoms with Gasteiger partial charge in [-0.2, -0.15) is 0 Å². The molecule has 8 nitrogen and oxygen atoms in total. The van der Waals surface area contributed by atoms with Crippen LogP contribution in [0.3, 0.4) is 0 Å². The summed E-state index contributed by atoms with van der Waals surface area (Å²) in [6.45, 7) is 0. The van der Waals surface area contributed by atoms with Gasteiger partial charge in [-0.25, -0.2) is 9.78 Å². The maximum absolute atomic E-state index is 12.4. The number of halogens is 1. The molecule has 0 aliphatic carbocycles. The van der Waals surface area contributed by atoms with Gasteiger partial charge in [-0.1, -0.05) is 35.5 Å². The number of nitrogens with zero attached hydrogens (tertiary/aromatic N) is 4. The fourth-order valence-electron chi connectivity index (χ4n) is 3.02. The summed E-state index contributed by atoms with van der Waals surface area (Å²) in [5.74, 6) is 0.122. The molecule has 0 aliphatic rings. The van der Waals surface area contributed by atoms with Crippen LogP contribution in [0.2, 0.25) is 5.02 Å². The van der Waals surface area contributed by atoms with Crippen molar-refractivity contribution in [3.05, 3.63) is 65.1 Å². The number of aromatic amines is 1. The zero-order valence-electron chi connectivity index (χ0n) is 16.7. The molecule has 0 spiro atoms. The van der Waals surface area contributed by atoms with Crippen LogP contribution in [-0.2, 0) is 16.6 Å². The van der Waals surface area contributed by atoms with Crippen molar-refractivity contribution in [1.82, 2.24) is 24.7 Å². The van der Waals surface area contributed by atoms with Crippen LogP contribution in [0.15, 0.2) is 59.4 Å². The third kappa shape index (κ3) is 4.28. The zero-order valence-corrected chi connectivity index (χ0v) is 18.2. The molecule has 2 heterocycles. The van der Waals surface area contributed by atoms with Crippen LogP contribution in [0.5, 0.6) is 0 Å². The summed E-state index contributed by atoms with van der Waals surface area (Å²) >= 11 is 7.18. The van der Waals surface area contributed by atoms with E-state index in [4.69, 9.17) is 16.3 Å². The number of H-pyrrole nitrogens is 1. The van der Waals surface area contributed by atoms with Crippen LogP contribution in [0.25, 0.3) is 28.0 Å². The number of fused-ring (bicyclic) bond motifs is 1. The Kier molecular flexibility index (Phi) is 5.97. The highest BCUT2D eigenvalue weighted by molar-refractivity contribution is 7.99. The molecule has 2 aromatic heterocycles. The average Bonchev–Trinajstić information content (AvgIpc) is 3.36. The number of ether oxygens (including phenoxy) is 1. The summed E-state index contributed by atoms with van der Waals surface area (Å²) in [6.07, 6.45) is 0. The number of thioether (sulfide) groups is 1. The second-order valence-corrected chi connectivity index (χ2v) is 7.96. The summed E-state index contributed by atoms with van der Waals surface area (Å²) in [4.78, 5) is 19.8. The van der Waals surface area contributed by atoms with E-state index in [9.17, 15) is 9.90 Å². The fraction of sp³-hybridized carbons (Fsp3) is 0.143. The third-order valence-corrected chi connectivity index (χ3v) is 5.86. The van der Waals surface area contributed by atoms with Crippen molar-refractivity contribution in [2.24, 2.45) is 7.05 Å². The van der Waals surface area contributed by atoms with Crippen molar-refractivity contribution in [1.29, 1.82) is 0 Å². The Labute approximate surface area is 186 Å². The van der Waals surface area contributed by atoms with Crippen molar-refractivity contribution >= 4 is 45.9 Å². The van der Waals surface area contributed by atoms with Gasteiger partial charge in [0.2, 0.25) is 0 Å². The monoisotopic (exact) mass is 455 g/mol. The van der Waals surface area contributed by atoms with Crippen LogP contribution in [0, 0.1) is 0 Å². The summed E-state index contributed by atoms with van der Waals surface area (Å²) in [7, 11) is 3.08. The number of hydrogen-bond donors (Lipinski definition) is 2. The molecule has 0 radical (unpaired) electrons. The summed E-state index contributed by atoms with van der Waals surface area (Å²) < 4.78 is 6.67. The third-order valence-electron chi connectivity index (χ3n) is 4.58. The first-order valence-corrected chi connectivity index (χ1v) is 10.6. The van der Waals surface area contributed by atoms with Crippen molar-refractivity contribution in [2.45, 2.75) is 5.16 Å². The van der Waals surface area contributed by atoms with Gasteiger partial charge in [0.15, 0.2) is 11.0 Å². The predicted octanol–water partition coefficient (Wildman–Crippen LogP) is 4.25. The number of aliphatic hydroxyl groups is 1. The molecule has 0 amide bonds. The minimum atomic E-state index is -0.683. The van der Waals surface area contributed by atoms with E-state index >= 15 is 0 Å². The highest BCUT2D eigenvalue weighted by Gasteiger charge is 2.23. The molecular weight excluding hydrogens is 438 g/mol. The van der Waals surface area contributed by atoms with Gasteiger partial charge in [-0.3, -0.25) is 0 Å². The summed E-state index contributed by atoms with van der Waals surface area (Å²) in [5, 5.41) is 20.3. The molecule has 0 fully saturated rings. The molecule has 31 heavy (non-hydrogen) atoms. The molecule has 0 unspecified atom stereocenters. The highest BCUT2D eigenvalue weighted by atomic mass is 35.5. The quantitative estimate of drug-likeness (QED) is 0.194. The van der Waals surface area contributed by atoms with Gasteiger partial charge < -0.3 is 19.4 Å². The standard InChI is InChI=1S/C21H18ClN5O3S/c1-27-19(12-7-9-13(22)10-8-12)25-26-21(27)31-11-16(28)17(20(29)30-2)18-23-14-5-3-4-6-15(14)24-18/h3-10,28H,11H2,1-2H3,(H,23,24)/b17-16+. The number of rotatable bonds is 6. The highest BCUT2D eigenvalue weighted by Crippen LogP contribution is 2.27. The van der Waals surface area contributed by atoms with E-state index in [1.165, 1.54) is 18.9 Å². The van der Waals surface area contributed by atoms with E-state index < -0.39 is 5.97 Å². The largest absolute Gasteiger partial charge is 0.510 e. The number of methoxy groups -OCH3 is 1. The van der Waals surface area contributed by atoms with Crippen LogP contribution >= 0.6 is 23.4 Å². The number of carbonyl (C=O) groups is 1. The van der Waals surface area contributed by atoms with Gasteiger partial charge in [-0.05, 0) is 36.4 Å². The van der Waals surface area contributed by atoms with Crippen LogP contribution in [0.1, 0.15) is 5.82 Å². The van der Waals surface area contributed by atoms with Crippen LogP contribution < -0.4 is 0 Å². The number of carbonyl (C=O) groups excluding carboxylic acids is 1. The van der Waals surface area contributed by atoms with Crippen molar-refractivity contribution in [2.75, 3.05) is 12.9 Å². The lowest BCUT2D eigenvalue weighted by Crippen LogP contribution is -2.10. The second-order valence-electron chi connectivity index (χ2n) is 6.58. The van der Waals surface area contributed by atoms with Crippen molar-refractivity contribution in [3.63, 3.8) is 0 Å². The molecule has 2 N–H and O–H groups in total. The van der Waals surface area contributed by atoms with E-state index in [2.05, 4.69) is 20.2 Å². The Bertz CT molecular complexity index is 1250. The van der Waals surface area contributed by atoms with Gasteiger partial charge in [0, 0.05) is 17.6 Å². The summed E-state index contributed by atoms with van der Waals surface area (Å²) in [6, 6.07) is 14.6. The van der Waals surface area contributed by atoms with Crippen LogP contribution in [-0.4, -0.2) is 48.7 Å². The molecule has 2 aromatic carbocycles. The molecule has 0 saturated heterocycles. The Morgan fingerprint density at radius 2 is 1.94 bits per heavy atom. The Balaban J connectivity index is 1.61. The first-order chi connectivity index (χ1) is 15.0.